The summed E-state index contributed by atoms with van der Waals surface area (Å²) < 4.78 is 0. The van der Waals surface area contributed by atoms with E-state index in [1.54, 1.807) is 43.8 Å². The number of ketones is 1. The van der Waals surface area contributed by atoms with Crippen LogP contribution in [0, 0.1) is 0 Å². The Morgan fingerprint density at radius 2 is 1.68 bits per heavy atom. The minimum absolute atomic E-state index is 0.0433. The Kier molecular flexibility index (Phi) is 5.94. The summed E-state index contributed by atoms with van der Waals surface area (Å²) in [5.74, 6) is -0.162. The molecule has 0 atom stereocenters. The molecule has 7 aromatic rings. The number of nitrogens with one attached hydrogen (secondary N) is 3. The van der Waals surface area contributed by atoms with Gasteiger partial charge in [-0.15, -0.1) is 11.3 Å². The fourth-order valence-electron chi connectivity index (χ4n) is 4.77. The maximum Gasteiger partial charge on any atom is 0.255 e. The van der Waals surface area contributed by atoms with Crippen LogP contribution in [0.1, 0.15) is 27.0 Å². The minimum Gasteiger partial charge on any atom is -0.352 e. The lowest BCUT2D eigenvalue weighted by molar-refractivity contribution is 0.101. The summed E-state index contributed by atoms with van der Waals surface area (Å²) in [6.45, 7) is 1.57. The van der Waals surface area contributed by atoms with Gasteiger partial charge in [-0.1, -0.05) is 18.2 Å². The first-order chi connectivity index (χ1) is 20.0. The maximum atomic E-state index is 12.6. The molecule has 0 unspecified atom stereocenters. The van der Waals surface area contributed by atoms with Crippen LogP contribution < -0.4 is 5.32 Å². The van der Waals surface area contributed by atoms with E-state index in [4.69, 9.17) is 0 Å². The van der Waals surface area contributed by atoms with Gasteiger partial charge < -0.3 is 10.3 Å². The van der Waals surface area contributed by atoms with E-state index in [0.29, 0.717) is 27.5 Å². The van der Waals surface area contributed by atoms with Crippen molar-refractivity contribution >= 4 is 50.7 Å². The number of hydrogen-bond acceptors (Lipinski definition) is 7. The molecule has 0 fully saturated rings. The Morgan fingerprint density at radius 1 is 0.854 bits per heavy atom. The molecule has 6 aromatic heterocycles. The summed E-state index contributed by atoms with van der Waals surface area (Å²) in [6.07, 6.45) is 8.69. The highest BCUT2D eigenvalue weighted by Gasteiger charge is 2.17. The topological polar surface area (TPSA) is 129 Å². The molecule has 0 spiro atoms. The number of hydrogen-bond donors (Lipinski definition) is 3. The SMILES string of the molecule is CC(=O)c1ccc(-c2cncc3[nH]c(-c4n[nH]c5ncc(-c6cncc(NC(=O)c7ccccc7)c6)cc45)cc23)s1. The van der Waals surface area contributed by atoms with Crippen LogP contribution in [0.5, 0.6) is 0 Å². The second-order valence-corrected chi connectivity index (χ2v) is 10.6. The van der Waals surface area contributed by atoms with E-state index in [-0.39, 0.29) is 11.7 Å². The zero-order chi connectivity index (χ0) is 27.9. The second kappa shape index (κ2) is 9.92. The van der Waals surface area contributed by atoms with Crippen LogP contribution in [-0.2, 0) is 0 Å². The third-order valence-corrected chi connectivity index (χ3v) is 8.02. The molecule has 0 saturated heterocycles. The van der Waals surface area contributed by atoms with Crippen LogP contribution in [0.2, 0.25) is 0 Å². The molecular weight excluding hydrogens is 534 g/mol. The lowest BCUT2D eigenvalue weighted by atomic mass is 10.1. The lowest BCUT2D eigenvalue weighted by Crippen LogP contribution is -2.11. The molecule has 0 aliphatic rings. The van der Waals surface area contributed by atoms with E-state index >= 15 is 0 Å². The van der Waals surface area contributed by atoms with Gasteiger partial charge in [0.15, 0.2) is 11.4 Å². The minimum atomic E-state index is -0.206. The number of H-pyrrole nitrogens is 2. The summed E-state index contributed by atoms with van der Waals surface area (Å²) >= 11 is 1.45. The van der Waals surface area contributed by atoms with E-state index in [2.05, 4.69) is 35.5 Å². The molecule has 0 radical (unpaired) electrons. The number of thiophene rings is 1. The third kappa shape index (κ3) is 4.56. The molecule has 0 bridgehead atoms. The Balaban J connectivity index is 1.24. The van der Waals surface area contributed by atoms with E-state index in [0.717, 1.165) is 43.6 Å². The Hall–Kier alpha value is -5.48. The third-order valence-electron chi connectivity index (χ3n) is 6.80. The van der Waals surface area contributed by atoms with Gasteiger partial charge in [0.1, 0.15) is 5.69 Å². The maximum absolute atomic E-state index is 12.6. The van der Waals surface area contributed by atoms with Gasteiger partial charge in [0.2, 0.25) is 0 Å². The monoisotopic (exact) mass is 555 g/mol. The number of Topliss-reactive ketones (excluding diaryl/α,β-unsaturated/α-hetero) is 1. The number of pyridine rings is 3. The number of benzene rings is 1. The highest BCUT2D eigenvalue weighted by Crippen LogP contribution is 2.37. The zero-order valence-corrected chi connectivity index (χ0v) is 22.5. The molecule has 41 heavy (non-hydrogen) atoms. The van der Waals surface area contributed by atoms with Gasteiger partial charge in [-0.2, -0.15) is 5.10 Å². The summed E-state index contributed by atoms with van der Waals surface area (Å²) in [5, 5.41) is 12.3. The summed E-state index contributed by atoms with van der Waals surface area (Å²) in [4.78, 5) is 42.9. The predicted molar refractivity (Wildman–Crippen MR) is 160 cm³/mol. The van der Waals surface area contributed by atoms with Gasteiger partial charge in [0.05, 0.1) is 34.2 Å². The second-order valence-electron chi connectivity index (χ2n) is 9.53. The van der Waals surface area contributed by atoms with Crippen molar-refractivity contribution in [3.63, 3.8) is 0 Å². The van der Waals surface area contributed by atoms with Gasteiger partial charge >= 0.3 is 0 Å². The summed E-state index contributed by atoms with van der Waals surface area (Å²) in [7, 11) is 0. The molecule has 6 heterocycles. The van der Waals surface area contributed by atoms with E-state index < -0.39 is 0 Å². The largest absolute Gasteiger partial charge is 0.352 e. The summed E-state index contributed by atoms with van der Waals surface area (Å²) in [5.41, 5.74) is 6.77. The van der Waals surface area contributed by atoms with Gasteiger partial charge in [-0.25, -0.2) is 4.98 Å². The quantitative estimate of drug-likeness (QED) is 0.195. The Bertz CT molecular complexity index is 2090. The molecule has 0 aliphatic carbocycles. The van der Waals surface area contributed by atoms with Gasteiger partial charge in [-0.05, 0) is 49.4 Å². The number of aromatic amines is 2. The highest BCUT2D eigenvalue weighted by molar-refractivity contribution is 7.17. The zero-order valence-electron chi connectivity index (χ0n) is 21.7. The molecule has 0 aliphatic heterocycles. The van der Waals surface area contributed by atoms with Gasteiger partial charge in [0.25, 0.3) is 5.91 Å². The Morgan fingerprint density at radius 3 is 2.51 bits per heavy atom. The number of amides is 1. The van der Waals surface area contributed by atoms with Crippen LogP contribution in [-0.4, -0.2) is 41.8 Å². The molecule has 198 valence electrons. The molecular formula is C31H21N7O2S. The van der Waals surface area contributed by atoms with Crippen molar-refractivity contribution in [2.75, 3.05) is 5.32 Å². The predicted octanol–water partition coefficient (Wildman–Crippen LogP) is 6.75. The number of aromatic nitrogens is 6. The first kappa shape index (κ1) is 24.6. The molecule has 1 aromatic carbocycles. The van der Waals surface area contributed by atoms with Crippen LogP contribution in [0.15, 0.2) is 91.6 Å². The average Bonchev–Trinajstić information content (AvgIpc) is 3.75. The smallest absolute Gasteiger partial charge is 0.255 e. The van der Waals surface area contributed by atoms with Crippen molar-refractivity contribution in [1.82, 2.24) is 30.1 Å². The standard InChI is InChI=1S/C31H21N7O2S/c1-17(39)27-7-8-28(41-27)24-15-33-16-26-22(24)11-25(36-26)29-23-10-20(13-34-30(23)38-37-29)19-9-21(14-32-12-19)35-31(40)18-5-3-2-4-6-18/h2-16,36H,1H3,(H,35,40)(H,34,37,38). The fourth-order valence-corrected chi connectivity index (χ4v) is 5.70. The van der Waals surface area contributed by atoms with Crippen LogP contribution in [0.4, 0.5) is 5.69 Å². The Labute approximate surface area is 237 Å². The van der Waals surface area contributed by atoms with Crippen molar-refractivity contribution in [2.24, 2.45) is 0 Å². The van der Waals surface area contributed by atoms with Gasteiger partial charge in [-0.3, -0.25) is 24.7 Å². The van der Waals surface area contributed by atoms with Crippen LogP contribution in [0.25, 0.3) is 54.9 Å². The molecule has 10 heteroatoms. The number of nitrogens with zero attached hydrogens (tertiary/aromatic N) is 4. The first-order valence-corrected chi connectivity index (χ1v) is 13.6. The van der Waals surface area contributed by atoms with E-state index in [1.807, 2.05) is 54.7 Å². The van der Waals surface area contributed by atoms with Crippen molar-refractivity contribution in [1.29, 1.82) is 0 Å². The van der Waals surface area contributed by atoms with Crippen molar-refractivity contribution < 1.29 is 9.59 Å². The van der Waals surface area contributed by atoms with E-state index in [1.165, 1.54) is 11.3 Å². The fraction of sp³-hybridized carbons (Fsp3) is 0.0323. The van der Waals surface area contributed by atoms with Crippen molar-refractivity contribution in [3.05, 3.63) is 102 Å². The van der Waals surface area contributed by atoms with E-state index in [9.17, 15) is 9.59 Å². The highest BCUT2D eigenvalue weighted by atomic mass is 32.1. The lowest BCUT2D eigenvalue weighted by Gasteiger charge is -2.07. The molecule has 7 rings (SSSR count). The molecule has 3 N–H and O–H groups in total. The van der Waals surface area contributed by atoms with Crippen LogP contribution in [0.3, 0.4) is 0 Å². The normalized spacial score (nSPS) is 11.2. The first-order valence-electron chi connectivity index (χ1n) is 12.8. The number of carbonyl (C=O) groups is 2. The number of fused-ring (bicyclic) bond motifs is 2. The van der Waals surface area contributed by atoms with Gasteiger partial charge in [0, 0.05) is 56.5 Å². The number of carbonyl (C=O) groups excluding carboxylic acids is 2. The van der Waals surface area contributed by atoms with Crippen molar-refractivity contribution in [2.45, 2.75) is 6.92 Å². The number of rotatable bonds is 6. The molecule has 0 saturated carbocycles. The molecule has 9 nitrogen and oxygen atoms in total. The number of anilines is 1. The van der Waals surface area contributed by atoms with Crippen molar-refractivity contribution in [3.8, 4) is 33.0 Å². The van der Waals surface area contributed by atoms with Crippen LogP contribution >= 0.6 is 11.3 Å². The molecule has 1 amide bonds. The summed E-state index contributed by atoms with van der Waals surface area (Å²) in [6, 6.07) is 18.8. The average molecular weight is 556 g/mol.